The maximum Gasteiger partial charge on any atom is 0.188 e. The second-order valence-electron chi connectivity index (χ2n) is 9.24. The molecular formula is C31H30N2OP2S. The van der Waals surface area contributed by atoms with Gasteiger partial charge in [0.05, 0.1) is 5.44 Å². The van der Waals surface area contributed by atoms with Gasteiger partial charge in [-0.25, -0.2) is 0 Å². The van der Waals surface area contributed by atoms with E-state index < -0.39 is 15.1 Å². The summed E-state index contributed by atoms with van der Waals surface area (Å²) in [5.41, 5.74) is 1.85. The minimum absolute atomic E-state index is 0.0971. The van der Waals surface area contributed by atoms with E-state index in [0.29, 0.717) is 4.77 Å². The zero-order valence-corrected chi connectivity index (χ0v) is 23.8. The standard InChI is InChI=1S/C31H30N2OP2S/c1-24(2)33-29(35(25-16-8-4-9-17-25)26-18-10-5-11-19-26)30(32(3)31(33)37)36(34,27-20-12-6-13-21-27)28-22-14-7-15-23-28/h4-24H,1-3H3. The van der Waals surface area contributed by atoms with Gasteiger partial charge in [-0.15, -0.1) is 0 Å². The average Bonchev–Trinajstić information content (AvgIpc) is 3.21. The van der Waals surface area contributed by atoms with Crippen molar-refractivity contribution >= 4 is 59.4 Å². The van der Waals surface area contributed by atoms with Gasteiger partial charge in [-0.3, -0.25) is 0 Å². The maximum atomic E-state index is 15.7. The van der Waals surface area contributed by atoms with Crippen molar-refractivity contribution in [3.05, 3.63) is 126 Å². The number of nitrogens with zero attached hydrogens (tertiary/aromatic N) is 2. The van der Waals surface area contributed by atoms with Crippen LogP contribution >= 0.6 is 27.3 Å². The van der Waals surface area contributed by atoms with Gasteiger partial charge < -0.3 is 13.7 Å². The van der Waals surface area contributed by atoms with Gasteiger partial charge in [-0.1, -0.05) is 121 Å². The zero-order chi connectivity index (χ0) is 26.0. The highest BCUT2D eigenvalue weighted by atomic mass is 32.1. The van der Waals surface area contributed by atoms with Gasteiger partial charge >= 0.3 is 0 Å². The molecule has 1 aromatic heterocycles. The van der Waals surface area contributed by atoms with Gasteiger partial charge in [-0.05, 0) is 36.7 Å². The van der Waals surface area contributed by atoms with E-state index in [-0.39, 0.29) is 6.04 Å². The van der Waals surface area contributed by atoms with E-state index in [1.807, 2.05) is 84.4 Å². The molecule has 186 valence electrons. The molecule has 0 atom stereocenters. The van der Waals surface area contributed by atoms with Crippen molar-refractivity contribution < 1.29 is 4.57 Å². The Morgan fingerprint density at radius 3 is 1.43 bits per heavy atom. The third-order valence-electron chi connectivity index (χ3n) is 6.53. The van der Waals surface area contributed by atoms with Crippen molar-refractivity contribution in [3.63, 3.8) is 0 Å². The second kappa shape index (κ2) is 10.8. The number of hydrogen-bond acceptors (Lipinski definition) is 2. The Balaban J connectivity index is 1.96. The summed E-state index contributed by atoms with van der Waals surface area (Å²) in [5, 5.41) is 4.02. The Labute approximate surface area is 225 Å². The van der Waals surface area contributed by atoms with Gasteiger partial charge in [0.15, 0.2) is 11.9 Å². The molecule has 5 aromatic rings. The fourth-order valence-electron chi connectivity index (χ4n) is 4.84. The van der Waals surface area contributed by atoms with E-state index >= 15 is 4.57 Å². The first kappa shape index (κ1) is 25.6. The molecule has 0 amide bonds. The Bertz CT molecular complexity index is 1510. The summed E-state index contributed by atoms with van der Waals surface area (Å²) < 4.78 is 20.7. The average molecular weight is 541 g/mol. The molecule has 4 aromatic carbocycles. The lowest BCUT2D eigenvalue weighted by Crippen LogP contribution is -2.41. The number of imidazole rings is 1. The third kappa shape index (κ3) is 4.59. The van der Waals surface area contributed by atoms with Crippen LogP contribution in [0.15, 0.2) is 121 Å². The van der Waals surface area contributed by atoms with Crippen LogP contribution in [0.3, 0.4) is 0 Å². The summed E-state index contributed by atoms with van der Waals surface area (Å²) in [7, 11) is -2.38. The molecule has 37 heavy (non-hydrogen) atoms. The Morgan fingerprint density at radius 2 is 1.05 bits per heavy atom. The molecule has 0 radical (unpaired) electrons. The minimum Gasteiger partial charge on any atom is -0.316 e. The minimum atomic E-state index is -3.30. The van der Waals surface area contributed by atoms with E-state index in [1.165, 1.54) is 10.6 Å². The molecule has 5 rings (SSSR count). The zero-order valence-electron chi connectivity index (χ0n) is 21.2. The van der Waals surface area contributed by atoms with Crippen LogP contribution in [0.5, 0.6) is 0 Å². The number of aromatic nitrogens is 2. The summed E-state index contributed by atoms with van der Waals surface area (Å²) in [4.78, 5) is 0. The lowest BCUT2D eigenvalue weighted by molar-refractivity contribution is 0.590. The summed E-state index contributed by atoms with van der Waals surface area (Å²) in [6.45, 7) is 4.31. The molecule has 0 fully saturated rings. The van der Waals surface area contributed by atoms with E-state index in [1.54, 1.807) is 0 Å². The molecule has 0 N–H and O–H groups in total. The van der Waals surface area contributed by atoms with E-state index in [9.17, 15) is 0 Å². The lowest BCUT2D eigenvalue weighted by atomic mass is 10.4. The summed E-state index contributed by atoms with van der Waals surface area (Å²) in [6, 6.07) is 41.0. The topological polar surface area (TPSA) is 26.9 Å². The molecule has 0 aliphatic carbocycles. The predicted octanol–water partition coefficient (Wildman–Crippen LogP) is 5.53. The molecule has 0 aliphatic rings. The highest BCUT2D eigenvalue weighted by Gasteiger charge is 2.40. The molecule has 0 spiro atoms. The first-order chi connectivity index (χ1) is 17.9. The molecule has 0 saturated heterocycles. The van der Waals surface area contributed by atoms with E-state index in [4.69, 9.17) is 12.2 Å². The van der Waals surface area contributed by atoms with Gasteiger partial charge in [0.2, 0.25) is 0 Å². The van der Waals surface area contributed by atoms with Crippen LogP contribution in [0.25, 0.3) is 0 Å². The molecule has 0 bridgehead atoms. The summed E-state index contributed by atoms with van der Waals surface area (Å²) in [6.07, 6.45) is 0. The van der Waals surface area contributed by atoms with Crippen molar-refractivity contribution in [2.75, 3.05) is 0 Å². The quantitative estimate of drug-likeness (QED) is 0.200. The first-order valence-electron chi connectivity index (χ1n) is 12.4. The van der Waals surface area contributed by atoms with Crippen LogP contribution in [0.1, 0.15) is 19.9 Å². The van der Waals surface area contributed by atoms with Crippen molar-refractivity contribution in [2.45, 2.75) is 19.9 Å². The summed E-state index contributed by atoms with van der Waals surface area (Å²) in [5.74, 6) is 0. The van der Waals surface area contributed by atoms with Crippen LogP contribution < -0.4 is 32.1 Å². The van der Waals surface area contributed by atoms with Crippen LogP contribution in [0, 0.1) is 4.77 Å². The molecular weight excluding hydrogens is 510 g/mol. The van der Waals surface area contributed by atoms with Gasteiger partial charge in [0.1, 0.15) is 5.44 Å². The normalized spacial score (nSPS) is 11.8. The largest absolute Gasteiger partial charge is 0.316 e. The molecule has 6 heteroatoms. The molecule has 0 unspecified atom stereocenters. The van der Waals surface area contributed by atoms with Crippen molar-refractivity contribution in [3.8, 4) is 0 Å². The smallest absolute Gasteiger partial charge is 0.188 e. The maximum absolute atomic E-state index is 15.7. The predicted molar refractivity (Wildman–Crippen MR) is 163 cm³/mol. The SMILES string of the molecule is CC(C)n1c(P(c2ccccc2)c2ccccc2)c(P(=O)(c2ccccc2)c2ccccc2)n(C)c1=S. The van der Waals surface area contributed by atoms with Crippen molar-refractivity contribution in [1.29, 1.82) is 0 Å². The molecule has 3 nitrogen and oxygen atoms in total. The fourth-order valence-corrected chi connectivity index (χ4v) is 11.6. The van der Waals surface area contributed by atoms with Crippen molar-refractivity contribution in [1.82, 2.24) is 9.13 Å². The van der Waals surface area contributed by atoms with Crippen LogP contribution in [-0.2, 0) is 11.6 Å². The second-order valence-corrected chi connectivity index (χ2v) is 14.4. The Hall–Kier alpha value is -3.03. The van der Waals surface area contributed by atoms with Gasteiger partial charge in [0, 0.05) is 31.6 Å². The molecule has 1 heterocycles. The van der Waals surface area contributed by atoms with E-state index in [2.05, 4.69) is 66.9 Å². The fraction of sp³-hybridized carbons (Fsp3) is 0.129. The highest BCUT2D eigenvalue weighted by molar-refractivity contribution is 7.88. The number of hydrogen-bond donors (Lipinski definition) is 0. The third-order valence-corrected chi connectivity index (χ3v) is 12.8. The van der Waals surface area contributed by atoms with Gasteiger partial charge in [0.25, 0.3) is 0 Å². The lowest BCUT2D eigenvalue weighted by Gasteiger charge is -2.27. The first-order valence-corrected chi connectivity index (χ1v) is 15.8. The monoisotopic (exact) mass is 540 g/mol. The Morgan fingerprint density at radius 1 is 0.676 bits per heavy atom. The Kier molecular flexibility index (Phi) is 7.45. The molecule has 0 aliphatic heterocycles. The van der Waals surface area contributed by atoms with Crippen LogP contribution in [-0.4, -0.2) is 9.13 Å². The van der Waals surface area contributed by atoms with E-state index in [0.717, 1.165) is 21.5 Å². The van der Waals surface area contributed by atoms with Crippen LogP contribution in [0.2, 0.25) is 0 Å². The summed E-state index contributed by atoms with van der Waals surface area (Å²) >= 11 is 6.08. The molecule has 0 saturated carbocycles. The van der Waals surface area contributed by atoms with Crippen LogP contribution in [0.4, 0.5) is 0 Å². The number of rotatable bonds is 7. The number of benzene rings is 4. The highest BCUT2D eigenvalue weighted by Crippen LogP contribution is 2.45. The van der Waals surface area contributed by atoms with Gasteiger partial charge in [-0.2, -0.15) is 0 Å². The van der Waals surface area contributed by atoms with Crippen molar-refractivity contribution in [2.24, 2.45) is 7.05 Å².